The minimum Gasteiger partial charge on any atom is -0.308 e. The first-order valence-electron chi connectivity index (χ1n) is 5.20. The highest BCUT2D eigenvalue weighted by atomic mass is 31.2. The molecule has 2 rings (SSSR count). The van der Waals surface area contributed by atoms with E-state index >= 15 is 0 Å². The van der Waals surface area contributed by atoms with E-state index in [1.54, 1.807) is 24.3 Å². The van der Waals surface area contributed by atoms with Crippen LogP contribution >= 0.6 is 7.60 Å². The summed E-state index contributed by atoms with van der Waals surface area (Å²) in [6, 6.07) is 8.95. The predicted molar refractivity (Wildman–Crippen MR) is 67.6 cm³/mol. The topological polar surface area (TPSA) is 73.3 Å². The monoisotopic (exact) mass is 268 g/mol. The summed E-state index contributed by atoms with van der Waals surface area (Å²) in [5.41, 5.74) is 0.195. The smallest absolute Gasteiger partial charge is 0.308 e. The van der Waals surface area contributed by atoms with Gasteiger partial charge in [0.1, 0.15) is 5.30 Å². The third-order valence-electron chi connectivity index (χ3n) is 2.54. The van der Waals surface area contributed by atoms with Crippen LogP contribution in [0.2, 0.25) is 0 Å². The molecule has 1 N–H and O–H groups in total. The fourth-order valence-corrected chi connectivity index (χ4v) is 2.69. The molecule has 0 bridgehead atoms. The first-order valence-corrected chi connectivity index (χ1v) is 6.74. The van der Waals surface area contributed by atoms with Crippen LogP contribution in [0.25, 0.3) is 5.69 Å². The summed E-state index contributed by atoms with van der Waals surface area (Å²) >= 11 is 0. The Bertz CT molecular complexity index is 624. The molecule has 2 aromatic rings. The van der Waals surface area contributed by atoms with Gasteiger partial charge in [0, 0.05) is 20.4 Å². The number of hydrogen-bond acceptors (Lipinski definition) is 4. The lowest BCUT2D eigenvalue weighted by Crippen LogP contribution is -2.28. The van der Waals surface area contributed by atoms with Crippen molar-refractivity contribution in [2.75, 3.05) is 14.2 Å². The van der Waals surface area contributed by atoms with Gasteiger partial charge in [-0.1, -0.05) is 18.2 Å². The molecule has 0 radical (unpaired) electrons. The second kappa shape index (κ2) is 4.94. The maximum absolute atomic E-state index is 12.1. The Balaban J connectivity index is 2.55. The Morgan fingerprint density at radius 2 is 1.78 bits per heavy atom. The number of hydrogen-bond donors (Lipinski definition) is 1. The van der Waals surface area contributed by atoms with Crippen LogP contribution < -0.4 is 10.9 Å². The van der Waals surface area contributed by atoms with Crippen molar-refractivity contribution in [2.24, 2.45) is 0 Å². The van der Waals surface area contributed by atoms with Crippen LogP contribution in [0.1, 0.15) is 0 Å². The number of benzene rings is 1. The van der Waals surface area contributed by atoms with E-state index in [9.17, 15) is 9.36 Å². The molecule has 1 aromatic heterocycles. The lowest BCUT2D eigenvalue weighted by molar-refractivity contribution is 0.287. The van der Waals surface area contributed by atoms with Gasteiger partial charge in [0.25, 0.3) is 5.56 Å². The average molecular weight is 268 g/mol. The number of rotatable bonds is 4. The molecule has 7 heteroatoms. The third-order valence-corrected chi connectivity index (χ3v) is 4.41. The van der Waals surface area contributed by atoms with E-state index in [0.29, 0.717) is 5.69 Å². The molecular weight excluding hydrogens is 255 g/mol. The lowest BCUT2D eigenvalue weighted by Gasteiger charge is -2.09. The second-order valence-electron chi connectivity index (χ2n) is 3.50. The summed E-state index contributed by atoms with van der Waals surface area (Å²) in [6.07, 6.45) is 1.34. The summed E-state index contributed by atoms with van der Waals surface area (Å²) in [4.78, 5) is 12.1. The molecule has 0 atom stereocenters. The minimum absolute atomic E-state index is 0.0173. The highest BCUT2D eigenvalue weighted by molar-refractivity contribution is 7.62. The van der Waals surface area contributed by atoms with Crippen LogP contribution in [0.4, 0.5) is 0 Å². The molecule has 0 unspecified atom stereocenters. The highest BCUT2D eigenvalue weighted by Gasteiger charge is 2.30. The predicted octanol–water partition coefficient (Wildman–Crippen LogP) is 1.28. The van der Waals surface area contributed by atoms with Gasteiger partial charge in [-0.05, 0) is 12.1 Å². The summed E-state index contributed by atoms with van der Waals surface area (Å²) in [5.74, 6) is 0. The number of para-hydroxylation sites is 1. The third kappa shape index (κ3) is 2.06. The molecule has 0 fully saturated rings. The van der Waals surface area contributed by atoms with Crippen LogP contribution in [-0.4, -0.2) is 24.0 Å². The SMILES string of the molecule is COP(=O)(OC)c1c[nH]n(-c2ccccc2)c1=O. The van der Waals surface area contributed by atoms with Gasteiger partial charge in [-0.25, -0.2) is 4.68 Å². The van der Waals surface area contributed by atoms with Crippen LogP contribution in [-0.2, 0) is 13.6 Å². The normalized spacial score (nSPS) is 11.7. The molecule has 96 valence electrons. The molecule has 0 aliphatic rings. The number of nitrogens with zero attached hydrogens (tertiary/aromatic N) is 1. The van der Waals surface area contributed by atoms with Crippen molar-refractivity contribution in [2.45, 2.75) is 0 Å². The number of nitrogens with one attached hydrogen (secondary N) is 1. The molecule has 0 aliphatic carbocycles. The van der Waals surface area contributed by atoms with Crippen molar-refractivity contribution in [3.05, 3.63) is 46.9 Å². The number of aromatic amines is 1. The Morgan fingerprint density at radius 3 is 2.33 bits per heavy atom. The Labute approximate surface area is 104 Å². The van der Waals surface area contributed by atoms with E-state index in [0.717, 1.165) is 0 Å². The van der Waals surface area contributed by atoms with Crippen molar-refractivity contribution in [1.82, 2.24) is 9.78 Å². The summed E-state index contributed by atoms with van der Waals surface area (Å²) in [5, 5.41) is 2.72. The van der Waals surface area contributed by atoms with Gasteiger partial charge in [-0.2, -0.15) is 0 Å². The van der Waals surface area contributed by atoms with Gasteiger partial charge in [-0.3, -0.25) is 14.5 Å². The van der Waals surface area contributed by atoms with E-state index in [-0.39, 0.29) is 5.30 Å². The van der Waals surface area contributed by atoms with Gasteiger partial charge in [0.2, 0.25) is 0 Å². The van der Waals surface area contributed by atoms with Crippen molar-refractivity contribution >= 4 is 12.9 Å². The first kappa shape index (κ1) is 12.8. The Hall–Kier alpha value is -1.62. The van der Waals surface area contributed by atoms with Crippen LogP contribution in [0.5, 0.6) is 0 Å². The molecule has 6 nitrogen and oxygen atoms in total. The zero-order valence-corrected chi connectivity index (χ0v) is 10.9. The van der Waals surface area contributed by atoms with E-state index in [2.05, 4.69) is 5.10 Å². The van der Waals surface area contributed by atoms with Gasteiger partial charge >= 0.3 is 7.60 Å². The van der Waals surface area contributed by atoms with Crippen molar-refractivity contribution < 1.29 is 13.6 Å². The molecule has 18 heavy (non-hydrogen) atoms. The zero-order valence-electron chi connectivity index (χ0n) is 9.99. The first-order chi connectivity index (χ1) is 8.62. The van der Waals surface area contributed by atoms with Gasteiger partial charge in [-0.15, -0.1) is 0 Å². The minimum atomic E-state index is -3.54. The molecule has 1 aromatic carbocycles. The zero-order chi connectivity index (χ0) is 13.2. The standard InChI is InChI=1S/C11H13N2O4P/c1-16-18(15,17-2)10-8-12-13(11(10)14)9-6-4-3-5-7-9/h3-8,12H,1-2H3. The molecule has 0 aliphatic heterocycles. The van der Waals surface area contributed by atoms with E-state index in [4.69, 9.17) is 9.05 Å². The maximum atomic E-state index is 12.1. The molecule has 0 saturated carbocycles. The molecule has 0 spiro atoms. The van der Waals surface area contributed by atoms with E-state index in [1.807, 2.05) is 6.07 Å². The van der Waals surface area contributed by atoms with Crippen molar-refractivity contribution in [3.63, 3.8) is 0 Å². The molecule has 0 saturated heterocycles. The van der Waals surface area contributed by atoms with Crippen molar-refractivity contribution in [3.8, 4) is 5.69 Å². The number of H-pyrrole nitrogens is 1. The summed E-state index contributed by atoms with van der Waals surface area (Å²) < 4.78 is 23.0. The second-order valence-corrected chi connectivity index (χ2v) is 5.70. The van der Waals surface area contributed by atoms with Gasteiger partial charge in [0.05, 0.1) is 5.69 Å². The van der Waals surface area contributed by atoms with Crippen molar-refractivity contribution in [1.29, 1.82) is 0 Å². The van der Waals surface area contributed by atoms with Gasteiger partial charge < -0.3 is 9.05 Å². The highest BCUT2D eigenvalue weighted by Crippen LogP contribution is 2.43. The number of aromatic nitrogens is 2. The largest absolute Gasteiger partial charge is 0.368 e. The Kier molecular flexibility index (Phi) is 3.52. The van der Waals surface area contributed by atoms with Crippen LogP contribution in [0, 0.1) is 0 Å². The molecule has 1 heterocycles. The fraction of sp³-hybridized carbons (Fsp3) is 0.182. The van der Waals surface area contributed by atoms with Crippen LogP contribution in [0.3, 0.4) is 0 Å². The van der Waals surface area contributed by atoms with Crippen LogP contribution in [0.15, 0.2) is 41.3 Å². The van der Waals surface area contributed by atoms with Gasteiger partial charge in [0.15, 0.2) is 0 Å². The average Bonchev–Trinajstić information content (AvgIpc) is 2.81. The Morgan fingerprint density at radius 1 is 1.17 bits per heavy atom. The summed E-state index contributed by atoms with van der Waals surface area (Å²) in [7, 11) is -1.06. The summed E-state index contributed by atoms with van der Waals surface area (Å²) in [6.45, 7) is 0. The van der Waals surface area contributed by atoms with E-state index in [1.165, 1.54) is 25.1 Å². The lowest BCUT2D eigenvalue weighted by atomic mass is 10.3. The molecule has 0 amide bonds. The maximum Gasteiger partial charge on any atom is 0.368 e. The quantitative estimate of drug-likeness (QED) is 0.848. The fourth-order valence-electron chi connectivity index (χ4n) is 1.60. The molecular formula is C11H13N2O4P. The van der Waals surface area contributed by atoms with E-state index < -0.39 is 13.2 Å².